The van der Waals surface area contributed by atoms with Crippen LogP contribution in [0.15, 0.2) is 48.7 Å². The molecule has 0 N–H and O–H groups in total. The minimum atomic E-state index is 0.785. The predicted octanol–water partition coefficient (Wildman–Crippen LogP) is 4.54. The highest BCUT2D eigenvalue weighted by Crippen LogP contribution is 2.20. The molecular formula is C16H21NS. The molecule has 96 valence electrons. The first-order valence-electron chi connectivity index (χ1n) is 6.55. The average molecular weight is 259 g/mol. The topological polar surface area (TPSA) is 4.93 Å². The predicted molar refractivity (Wildman–Crippen MR) is 82.0 cm³/mol. The zero-order valence-electron chi connectivity index (χ0n) is 11.2. The van der Waals surface area contributed by atoms with Gasteiger partial charge in [0.2, 0.25) is 0 Å². The van der Waals surface area contributed by atoms with Gasteiger partial charge in [-0.15, -0.1) is 0 Å². The van der Waals surface area contributed by atoms with Crippen LogP contribution in [0.25, 0.3) is 11.3 Å². The van der Waals surface area contributed by atoms with E-state index in [9.17, 15) is 0 Å². The Labute approximate surface area is 114 Å². The van der Waals surface area contributed by atoms with E-state index in [-0.39, 0.29) is 0 Å². The van der Waals surface area contributed by atoms with Gasteiger partial charge in [-0.25, -0.2) is 0 Å². The van der Waals surface area contributed by atoms with E-state index in [1.165, 1.54) is 22.8 Å². The van der Waals surface area contributed by atoms with E-state index in [0.29, 0.717) is 0 Å². The molecule has 0 unspecified atom stereocenters. The molecule has 0 bridgehead atoms. The molecule has 0 amide bonds. The molecule has 1 aromatic carbocycles. The maximum atomic E-state index is 2.35. The van der Waals surface area contributed by atoms with Crippen LogP contribution in [0, 0.1) is 5.92 Å². The van der Waals surface area contributed by atoms with Crippen LogP contribution >= 0.6 is 11.8 Å². The van der Waals surface area contributed by atoms with Crippen molar-refractivity contribution in [2.75, 3.05) is 11.5 Å². The van der Waals surface area contributed by atoms with Gasteiger partial charge in [0.05, 0.1) is 0 Å². The normalized spacial score (nSPS) is 11.1. The third-order valence-corrected chi connectivity index (χ3v) is 4.20. The lowest BCUT2D eigenvalue weighted by Crippen LogP contribution is -2.02. The molecule has 1 heterocycles. The van der Waals surface area contributed by atoms with Crippen LogP contribution in [0.5, 0.6) is 0 Å². The van der Waals surface area contributed by atoms with E-state index in [2.05, 4.69) is 67.1 Å². The summed E-state index contributed by atoms with van der Waals surface area (Å²) in [5, 5.41) is 0. The molecule has 0 aliphatic rings. The van der Waals surface area contributed by atoms with Crippen molar-refractivity contribution >= 4 is 11.8 Å². The van der Waals surface area contributed by atoms with Gasteiger partial charge in [0, 0.05) is 24.2 Å². The molecule has 0 spiro atoms. The van der Waals surface area contributed by atoms with Crippen LogP contribution in [0.2, 0.25) is 0 Å². The molecule has 2 heteroatoms. The standard InChI is InChI=1S/C16H21NS/c1-14(2)13-18-12-11-17-10-6-9-16(17)15-7-4-3-5-8-15/h3-10,14H,11-13H2,1-2H3. The Morgan fingerprint density at radius 3 is 2.56 bits per heavy atom. The second kappa shape index (κ2) is 6.69. The second-order valence-corrected chi connectivity index (χ2v) is 6.07. The zero-order chi connectivity index (χ0) is 12.8. The smallest absolute Gasteiger partial charge is 0.0480 e. The zero-order valence-corrected chi connectivity index (χ0v) is 12.0. The van der Waals surface area contributed by atoms with Gasteiger partial charge in [-0.2, -0.15) is 11.8 Å². The largest absolute Gasteiger partial charge is 0.347 e. The summed E-state index contributed by atoms with van der Waals surface area (Å²) in [5.41, 5.74) is 2.62. The fraction of sp³-hybridized carbons (Fsp3) is 0.375. The molecule has 0 radical (unpaired) electrons. The summed E-state index contributed by atoms with van der Waals surface area (Å²) < 4.78 is 2.35. The summed E-state index contributed by atoms with van der Waals surface area (Å²) in [6.07, 6.45) is 2.18. The Hall–Kier alpha value is -1.15. The first-order valence-corrected chi connectivity index (χ1v) is 7.71. The number of thioether (sulfide) groups is 1. The van der Waals surface area contributed by atoms with Crippen molar-refractivity contribution < 1.29 is 0 Å². The minimum Gasteiger partial charge on any atom is -0.347 e. The monoisotopic (exact) mass is 259 g/mol. The summed E-state index contributed by atoms with van der Waals surface area (Å²) >= 11 is 2.04. The quantitative estimate of drug-likeness (QED) is 0.689. The molecular weight excluding hydrogens is 238 g/mol. The first-order chi connectivity index (χ1) is 8.77. The lowest BCUT2D eigenvalue weighted by molar-refractivity contribution is 0.744. The van der Waals surface area contributed by atoms with Crippen LogP contribution in [0.3, 0.4) is 0 Å². The molecule has 0 fully saturated rings. The molecule has 0 aliphatic heterocycles. The van der Waals surface area contributed by atoms with Crippen LogP contribution in [0.1, 0.15) is 13.8 Å². The van der Waals surface area contributed by atoms with Crippen LogP contribution in [0.4, 0.5) is 0 Å². The minimum absolute atomic E-state index is 0.785. The van der Waals surface area contributed by atoms with E-state index < -0.39 is 0 Å². The maximum absolute atomic E-state index is 2.35. The Bertz CT molecular complexity index is 459. The van der Waals surface area contributed by atoms with Crippen LogP contribution in [-0.4, -0.2) is 16.1 Å². The number of hydrogen-bond donors (Lipinski definition) is 0. The highest BCUT2D eigenvalue weighted by Gasteiger charge is 2.03. The molecule has 0 aliphatic carbocycles. The Kier molecular flexibility index (Phi) is 4.94. The molecule has 1 aromatic heterocycles. The van der Waals surface area contributed by atoms with E-state index in [1.807, 2.05) is 11.8 Å². The van der Waals surface area contributed by atoms with Crippen LogP contribution < -0.4 is 0 Å². The van der Waals surface area contributed by atoms with Gasteiger partial charge in [0.1, 0.15) is 0 Å². The van der Waals surface area contributed by atoms with Gasteiger partial charge in [-0.05, 0) is 29.4 Å². The van der Waals surface area contributed by atoms with Gasteiger partial charge in [-0.1, -0.05) is 44.2 Å². The Balaban J connectivity index is 1.96. The SMILES string of the molecule is CC(C)CSCCn1cccc1-c1ccccc1. The van der Waals surface area contributed by atoms with Crippen molar-refractivity contribution in [1.29, 1.82) is 0 Å². The molecule has 1 nitrogen and oxygen atoms in total. The van der Waals surface area contributed by atoms with Crippen molar-refractivity contribution in [1.82, 2.24) is 4.57 Å². The maximum Gasteiger partial charge on any atom is 0.0480 e. The summed E-state index contributed by atoms with van der Waals surface area (Å²) in [6.45, 7) is 5.64. The fourth-order valence-electron chi connectivity index (χ4n) is 1.96. The summed E-state index contributed by atoms with van der Waals surface area (Å²) in [6, 6.07) is 14.9. The van der Waals surface area contributed by atoms with Gasteiger partial charge in [-0.3, -0.25) is 0 Å². The highest BCUT2D eigenvalue weighted by atomic mass is 32.2. The lowest BCUT2D eigenvalue weighted by atomic mass is 10.1. The van der Waals surface area contributed by atoms with Gasteiger partial charge in [0.25, 0.3) is 0 Å². The average Bonchev–Trinajstić information content (AvgIpc) is 2.84. The third kappa shape index (κ3) is 3.67. The molecule has 0 saturated carbocycles. The molecule has 0 saturated heterocycles. The third-order valence-electron chi connectivity index (χ3n) is 2.83. The summed E-state index contributed by atoms with van der Waals surface area (Å²) in [7, 11) is 0. The van der Waals surface area contributed by atoms with Crippen molar-refractivity contribution in [2.24, 2.45) is 5.92 Å². The summed E-state index contributed by atoms with van der Waals surface area (Å²) in [5.74, 6) is 3.22. The van der Waals surface area contributed by atoms with E-state index in [1.54, 1.807) is 0 Å². The van der Waals surface area contributed by atoms with Crippen molar-refractivity contribution in [3.63, 3.8) is 0 Å². The lowest BCUT2D eigenvalue weighted by Gasteiger charge is -2.10. The Morgan fingerprint density at radius 2 is 1.83 bits per heavy atom. The summed E-state index contributed by atoms with van der Waals surface area (Å²) in [4.78, 5) is 0. The van der Waals surface area contributed by atoms with Crippen molar-refractivity contribution in [3.8, 4) is 11.3 Å². The number of rotatable bonds is 6. The number of nitrogens with zero attached hydrogens (tertiary/aromatic N) is 1. The number of aryl methyl sites for hydroxylation is 1. The van der Waals surface area contributed by atoms with E-state index in [0.717, 1.165) is 12.5 Å². The van der Waals surface area contributed by atoms with E-state index >= 15 is 0 Å². The van der Waals surface area contributed by atoms with E-state index in [4.69, 9.17) is 0 Å². The van der Waals surface area contributed by atoms with Gasteiger partial charge >= 0.3 is 0 Å². The molecule has 2 aromatic rings. The number of hydrogen-bond acceptors (Lipinski definition) is 1. The number of aromatic nitrogens is 1. The van der Waals surface area contributed by atoms with Crippen molar-refractivity contribution in [2.45, 2.75) is 20.4 Å². The molecule has 18 heavy (non-hydrogen) atoms. The first kappa shape index (κ1) is 13.3. The number of benzene rings is 1. The van der Waals surface area contributed by atoms with Crippen molar-refractivity contribution in [3.05, 3.63) is 48.7 Å². The molecule has 0 atom stereocenters. The van der Waals surface area contributed by atoms with Gasteiger partial charge in [0.15, 0.2) is 0 Å². The molecule has 2 rings (SSSR count). The van der Waals surface area contributed by atoms with Crippen LogP contribution in [-0.2, 0) is 6.54 Å². The fourth-order valence-corrected chi connectivity index (χ4v) is 2.93. The Morgan fingerprint density at radius 1 is 1.06 bits per heavy atom. The second-order valence-electron chi connectivity index (χ2n) is 4.92. The van der Waals surface area contributed by atoms with Gasteiger partial charge < -0.3 is 4.57 Å². The highest BCUT2D eigenvalue weighted by molar-refractivity contribution is 7.99.